The third-order valence-corrected chi connectivity index (χ3v) is 2.95. The van der Waals surface area contributed by atoms with Gasteiger partial charge in [-0.15, -0.1) is 0 Å². The van der Waals surface area contributed by atoms with Crippen LogP contribution in [-0.4, -0.2) is 35.6 Å². The molecule has 0 saturated carbocycles. The first-order chi connectivity index (χ1) is 6.58. The number of nitrogens with zero attached hydrogens (tertiary/aromatic N) is 1. The van der Waals surface area contributed by atoms with Crippen LogP contribution in [0.3, 0.4) is 0 Å². The number of rotatable bonds is 6. The van der Waals surface area contributed by atoms with Gasteiger partial charge in [-0.1, -0.05) is 27.2 Å². The molecule has 0 radical (unpaired) electrons. The first-order valence-electron chi connectivity index (χ1n) is 5.48. The predicted molar refractivity (Wildman–Crippen MR) is 58.0 cm³/mol. The number of carbonyl (C=O) groups is 1. The van der Waals surface area contributed by atoms with Gasteiger partial charge in [0.2, 0.25) is 5.91 Å². The quantitative estimate of drug-likeness (QED) is 0.707. The molecule has 0 aromatic heterocycles. The number of aliphatic hydroxyl groups is 1. The highest BCUT2D eigenvalue weighted by Crippen LogP contribution is 2.16. The highest BCUT2D eigenvalue weighted by atomic mass is 16.3. The van der Waals surface area contributed by atoms with Crippen molar-refractivity contribution in [2.75, 3.05) is 19.7 Å². The molecule has 14 heavy (non-hydrogen) atoms. The van der Waals surface area contributed by atoms with Crippen LogP contribution in [0.25, 0.3) is 0 Å². The zero-order valence-electron chi connectivity index (χ0n) is 9.79. The molecule has 0 fully saturated rings. The first kappa shape index (κ1) is 13.4. The van der Waals surface area contributed by atoms with Gasteiger partial charge in [-0.25, -0.2) is 0 Å². The lowest BCUT2D eigenvalue weighted by Gasteiger charge is -2.26. The largest absolute Gasteiger partial charge is 0.395 e. The van der Waals surface area contributed by atoms with E-state index in [1.807, 2.05) is 13.8 Å². The van der Waals surface area contributed by atoms with Gasteiger partial charge in [-0.05, 0) is 12.8 Å². The molecule has 0 rings (SSSR count). The number of aliphatic hydroxyl groups excluding tert-OH is 1. The maximum Gasteiger partial charge on any atom is 0.225 e. The molecule has 0 spiro atoms. The standard InChI is InChI=1S/C11H23NO2/c1-5-9(3)10(4)11(14)12(6-2)7-8-13/h9-10,13H,5-8H2,1-4H3. The van der Waals surface area contributed by atoms with Gasteiger partial charge in [0.15, 0.2) is 0 Å². The number of hydrogen-bond acceptors (Lipinski definition) is 2. The molecule has 0 aromatic rings. The second kappa shape index (κ2) is 6.82. The molecule has 84 valence electrons. The van der Waals surface area contributed by atoms with Crippen LogP contribution in [-0.2, 0) is 4.79 Å². The van der Waals surface area contributed by atoms with Crippen molar-refractivity contribution in [3.05, 3.63) is 0 Å². The second-order valence-electron chi connectivity index (χ2n) is 3.82. The van der Waals surface area contributed by atoms with Crippen molar-refractivity contribution in [2.24, 2.45) is 11.8 Å². The Kier molecular flexibility index (Phi) is 6.54. The van der Waals surface area contributed by atoms with Crippen LogP contribution in [0, 0.1) is 11.8 Å². The molecule has 1 amide bonds. The van der Waals surface area contributed by atoms with Gasteiger partial charge in [0.05, 0.1) is 6.61 Å². The summed E-state index contributed by atoms with van der Waals surface area (Å²) < 4.78 is 0. The van der Waals surface area contributed by atoms with E-state index in [9.17, 15) is 4.79 Å². The molecule has 2 unspecified atom stereocenters. The predicted octanol–water partition coefficient (Wildman–Crippen LogP) is 1.51. The van der Waals surface area contributed by atoms with E-state index < -0.39 is 0 Å². The van der Waals surface area contributed by atoms with E-state index >= 15 is 0 Å². The Bertz CT molecular complexity index is 167. The Morgan fingerprint density at radius 1 is 1.36 bits per heavy atom. The van der Waals surface area contributed by atoms with Crippen LogP contribution < -0.4 is 0 Å². The number of likely N-dealkylation sites (N-methyl/N-ethyl adjacent to an activating group) is 1. The van der Waals surface area contributed by atoms with Crippen molar-refractivity contribution in [3.8, 4) is 0 Å². The minimum absolute atomic E-state index is 0.0484. The maximum absolute atomic E-state index is 11.9. The molecule has 1 N–H and O–H groups in total. The molecular formula is C11H23NO2. The van der Waals surface area contributed by atoms with Crippen LogP contribution in [0.5, 0.6) is 0 Å². The summed E-state index contributed by atoms with van der Waals surface area (Å²) in [7, 11) is 0. The minimum atomic E-state index is 0.0484. The maximum atomic E-state index is 11.9. The Hall–Kier alpha value is -0.570. The average molecular weight is 201 g/mol. The molecule has 0 aliphatic rings. The first-order valence-corrected chi connectivity index (χ1v) is 5.48. The lowest BCUT2D eigenvalue weighted by atomic mass is 9.92. The summed E-state index contributed by atoms with van der Waals surface area (Å²) in [5.74, 6) is 0.637. The Morgan fingerprint density at radius 2 is 1.93 bits per heavy atom. The molecule has 0 aliphatic heterocycles. The third-order valence-electron chi connectivity index (χ3n) is 2.95. The van der Waals surface area contributed by atoms with Gasteiger partial charge in [0, 0.05) is 19.0 Å². The topological polar surface area (TPSA) is 40.5 Å². The third kappa shape index (κ3) is 3.66. The fraction of sp³-hybridized carbons (Fsp3) is 0.909. The summed E-state index contributed by atoms with van der Waals surface area (Å²) in [6.07, 6.45) is 1.02. The van der Waals surface area contributed by atoms with Gasteiger partial charge in [-0.2, -0.15) is 0 Å². The van der Waals surface area contributed by atoms with Crippen molar-refractivity contribution >= 4 is 5.91 Å². The van der Waals surface area contributed by atoms with E-state index in [1.54, 1.807) is 4.90 Å². The van der Waals surface area contributed by atoms with Crippen molar-refractivity contribution in [3.63, 3.8) is 0 Å². The Labute approximate surface area is 87.1 Å². The van der Waals surface area contributed by atoms with Crippen LogP contribution in [0.2, 0.25) is 0 Å². The molecule has 0 saturated heterocycles. The van der Waals surface area contributed by atoms with Crippen molar-refractivity contribution in [1.29, 1.82) is 0 Å². The second-order valence-corrected chi connectivity index (χ2v) is 3.82. The zero-order chi connectivity index (χ0) is 11.1. The molecule has 0 heterocycles. The van der Waals surface area contributed by atoms with Crippen LogP contribution in [0.1, 0.15) is 34.1 Å². The van der Waals surface area contributed by atoms with Crippen molar-refractivity contribution in [1.82, 2.24) is 4.90 Å². The SMILES string of the molecule is CCC(C)C(C)C(=O)N(CC)CCO. The number of hydrogen-bond donors (Lipinski definition) is 1. The Balaban J connectivity index is 4.26. The van der Waals surface area contributed by atoms with E-state index in [-0.39, 0.29) is 18.4 Å². The van der Waals surface area contributed by atoms with Gasteiger partial charge in [-0.3, -0.25) is 4.79 Å². The average Bonchev–Trinajstić information content (AvgIpc) is 2.22. The monoisotopic (exact) mass is 201 g/mol. The van der Waals surface area contributed by atoms with Crippen molar-refractivity contribution in [2.45, 2.75) is 34.1 Å². The summed E-state index contributed by atoms with van der Waals surface area (Å²) >= 11 is 0. The van der Waals surface area contributed by atoms with E-state index in [2.05, 4.69) is 13.8 Å². The smallest absolute Gasteiger partial charge is 0.225 e. The van der Waals surface area contributed by atoms with Gasteiger partial charge in [0.25, 0.3) is 0 Å². The lowest BCUT2D eigenvalue weighted by molar-refractivity contribution is -0.136. The summed E-state index contributed by atoms with van der Waals surface area (Å²) in [5.41, 5.74) is 0. The van der Waals surface area contributed by atoms with Crippen LogP contribution >= 0.6 is 0 Å². The lowest BCUT2D eigenvalue weighted by Crippen LogP contribution is -2.38. The molecule has 3 nitrogen and oxygen atoms in total. The zero-order valence-corrected chi connectivity index (χ0v) is 9.79. The van der Waals surface area contributed by atoms with Gasteiger partial charge in [0.1, 0.15) is 0 Å². The molecule has 2 atom stereocenters. The van der Waals surface area contributed by atoms with E-state index in [4.69, 9.17) is 5.11 Å². The van der Waals surface area contributed by atoms with E-state index in [0.717, 1.165) is 6.42 Å². The fourth-order valence-electron chi connectivity index (χ4n) is 1.43. The van der Waals surface area contributed by atoms with E-state index in [0.29, 0.717) is 19.0 Å². The summed E-state index contributed by atoms with van der Waals surface area (Å²) in [5, 5.41) is 8.80. The molecule has 0 aromatic carbocycles. The molecular weight excluding hydrogens is 178 g/mol. The minimum Gasteiger partial charge on any atom is -0.395 e. The molecule has 0 aliphatic carbocycles. The molecule has 3 heteroatoms. The molecule has 0 bridgehead atoms. The van der Waals surface area contributed by atoms with Crippen molar-refractivity contribution < 1.29 is 9.90 Å². The van der Waals surface area contributed by atoms with Gasteiger partial charge >= 0.3 is 0 Å². The van der Waals surface area contributed by atoms with Crippen LogP contribution in [0.15, 0.2) is 0 Å². The summed E-state index contributed by atoms with van der Waals surface area (Å²) in [4.78, 5) is 13.6. The number of amides is 1. The summed E-state index contributed by atoms with van der Waals surface area (Å²) in [6, 6.07) is 0. The van der Waals surface area contributed by atoms with E-state index in [1.165, 1.54) is 0 Å². The summed E-state index contributed by atoms with van der Waals surface area (Å²) in [6.45, 7) is 9.28. The number of carbonyl (C=O) groups excluding carboxylic acids is 1. The Morgan fingerprint density at radius 3 is 2.29 bits per heavy atom. The highest BCUT2D eigenvalue weighted by molar-refractivity contribution is 5.78. The van der Waals surface area contributed by atoms with Gasteiger partial charge < -0.3 is 10.0 Å². The highest BCUT2D eigenvalue weighted by Gasteiger charge is 2.22. The van der Waals surface area contributed by atoms with Crippen LogP contribution in [0.4, 0.5) is 0 Å². The normalized spacial score (nSPS) is 14.9. The fourth-order valence-corrected chi connectivity index (χ4v) is 1.43.